The van der Waals surface area contributed by atoms with Gasteiger partial charge in [0.2, 0.25) is 0 Å². The number of aromatic nitrogens is 1. The number of carbonyl (C=O) groups is 2. The van der Waals surface area contributed by atoms with E-state index in [2.05, 4.69) is 47.8 Å². The number of likely N-dealkylation sites (N-methyl/N-ethyl adjacent to an activating group) is 1. The summed E-state index contributed by atoms with van der Waals surface area (Å²) in [4.78, 5) is 28.0. The predicted octanol–water partition coefficient (Wildman–Crippen LogP) is 3.96. The van der Waals surface area contributed by atoms with E-state index in [1.54, 1.807) is 31.4 Å². The highest BCUT2D eigenvalue weighted by Gasteiger charge is 2.43. The van der Waals surface area contributed by atoms with Crippen molar-refractivity contribution in [3.05, 3.63) is 65.4 Å². The van der Waals surface area contributed by atoms with E-state index in [1.807, 2.05) is 0 Å². The molecule has 0 amide bonds. The van der Waals surface area contributed by atoms with E-state index < -0.39 is 0 Å². The van der Waals surface area contributed by atoms with E-state index in [0.717, 1.165) is 19.4 Å². The zero-order valence-corrected chi connectivity index (χ0v) is 19.4. The van der Waals surface area contributed by atoms with E-state index >= 15 is 0 Å². The van der Waals surface area contributed by atoms with E-state index in [4.69, 9.17) is 9.47 Å². The molecule has 1 aliphatic carbocycles. The summed E-state index contributed by atoms with van der Waals surface area (Å²) in [5.74, 6) is 0.245. The fourth-order valence-corrected chi connectivity index (χ4v) is 5.72. The number of hydrogen-bond donors (Lipinski definition) is 0. The fraction of sp³-hybridized carbons (Fsp3) is 0.407. The van der Waals surface area contributed by atoms with Crippen molar-refractivity contribution >= 4 is 22.7 Å². The summed E-state index contributed by atoms with van der Waals surface area (Å²) in [5.41, 5.74) is 4.50. The number of ketones is 1. The van der Waals surface area contributed by atoms with Gasteiger partial charge < -0.3 is 14.0 Å². The first-order chi connectivity index (χ1) is 16.0. The molecule has 1 aromatic heterocycles. The van der Waals surface area contributed by atoms with Gasteiger partial charge in [0.05, 0.1) is 13.0 Å². The molecule has 1 unspecified atom stereocenters. The maximum atomic E-state index is 13.0. The van der Waals surface area contributed by atoms with Crippen molar-refractivity contribution < 1.29 is 19.1 Å². The quantitative estimate of drug-likeness (QED) is 0.424. The zero-order valence-electron chi connectivity index (χ0n) is 19.4. The number of methoxy groups -OCH3 is 1. The molecule has 1 aliphatic heterocycles. The van der Waals surface area contributed by atoms with Gasteiger partial charge in [0.1, 0.15) is 5.75 Å². The second-order valence-corrected chi connectivity index (χ2v) is 9.16. The minimum Gasteiger partial charge on any atom is -0.497 e. The van der Waals surface area contributed by atoms with Crippen LogP contribution in [0.1, 0.15) is 40.7 Å². The van der Waals surface area contributed by atoms with Gasteiger partial charge in [-0.25, -0.2) is 0 Å². The summed E-state index contributed by atoms with van der Waals surface area (Å²) in [6.45, 7) is 3.47. The highest BCUT2D eigenvalue weighted by molar-refractivity contribution is 5.98. The van der Waals surface area contributed by atoms with Crippen molar-refractivity contribution in [2.45, 2.75) is 31.7 Å². The molecule has 0 spiro atoms. The maximum absolute atomic E-state index is 13.0. The smallest absolute Gasteiger partial charge is 0.310 e. The average Bonchev–Trinajstić information content (AvgIpc) is 3.18. The Morgan fingerprint density at radius 3 is 2.64 bits per heavy atom. The van der Waals surface area contributed by atoms with E-state index in [1.165, 1.54) is 22.0 Å². The van der Waals surface area contributed by atoms with Crippen LogP contribution in [0.25, 0.3) is 10.9 Å². The molecule has 2 heterocycles. The molecule has 3 atom stereocenters. The van der Waals surface area contributed by atoms with Crippen LogP contribution in [-0.4, -0.2) is 54.1 Å². The molecule has 2 aliphatic rings. The molecule has 0 radical (unpaired) electrons. The Labute approximate surface area is 194 Å². The molecule has 0 N–H and O–H groups in total. The zero-order chi connectivity index (χ0) is 23.1. The Kier molecular flexibility index (Phi) is 5.71. The van der Waals surface area contributed by atoms with Crippen molar-refractivity contribution in [2.75, 3.05) is 26.8 Å². The number of rotatable bonds is 6. The van der Waals surface area contributed by atoms with Crippen LogP contribution in [0.2, 0.25) is 0 Å². The Morgan fingerprint density at radius 1 is 1.12 bits per heavy atom. The first kappa shape index (κ1) is 21.7. The molecule has 0 saturated carbocycles. The maximum Gasteiger partial charge on any atom is 0.310 e. The molecule has 172 valence electrons. The highest BCUT2D eigenvalue weighted by atomic mass is 16.5. The number of carbonyl (C=O) groups excluding carboxylic acids is 2. The molecule has 0 bridgehead atoms. The van der Waals surface area contributed by atoms with Crippen molar-refractivity contribution in [3.63, 3.8) is 0 Å². The highest BCUT2D eigenvalue weighted by Crippen LogP contribution is 2.45. The van der Waals surface area contributed by atoms with Gasteiger partial charge >= 0.3 is 5.97 Å². The number of hydrogen-bond acceptors (Lipinski definition) is 5. The van der Waals surface area contributed by atoms with Crippen LogP contribution >= 0.6 is 0 Å². The molecule has 33 heavy (non-hydrogen) atoms. The van der Waals surface area contributed by atoms with Crippen LogP contribution < -0.4 is 4.74 Å². The lowest BCUT2D eigenvalue weighted by molar-refractivity contribution is -0.150. The van der Waals surface area contributed by atoms with Gasteiger partial charge in [-0.1, -0.05) is 19.1 Å². The van der Waals surface area contributed by atoms with E-state index in [-0.39, 0.29) is 30.2 Å². The number of esters is 1. The third-order valence-corrected chi connectivity index (χ3v) is 7.38. The molecule has 1 saturated heterocycles. The van der Waals surface area contributed by atoms with E-state index in [9.17, 15) is 9.59 Å². The molecule has 6 heteroatoms. The van der Waals surface area contributed by atoms with Crippen LogP contribution in [-0.2, 0) is 23.0 Å². The van der Waals surface area contributed by atoms with Crippen molar-refractivity contribution in [1.82, 2.24) is 9.47 Å². The normalized spacial score (nSPS) is 22.1. The van der Waals surface area contributed by atoms with Crippen LogP contribution in [0, 0.1) is 5.92 Å². The van der Waals surface area contributed by atoms with Crippen LogP contribution in [0.4, 0.5) is 0 Å². The summed E-state index contributed by atoms with van der Waals surface area (Å²) >= 11 is 0. The Bertz CT molecular complexity index is 1200. The van der Waals surface area contributed by atoms with Gasteiger partial charge in [-0.2, -0.15) is 0 Å². The molecule has 2 aromatic carbocycles. The average molecular weight is 447 g/mol. The molecular formula is C27H30N2O4. The molecular weight excluding hydrogens is 416 g/mol. The summed E-state index contributed by atoms with van der Waals surface area (Å²) in [7, 11) is 3.68. The number of Topliss-reactive ketones (excluding diaryl/α,β-unsaturated/α-hetero) is 1. The topological polar surface area (TPSA) is 60.8 Å². The van der Waals surface area contributed by atoms with Crippen molar-refractivity contribution in [2.24, 2.45) is 13.0 Å². The third-order valence-electron chi connectivity index (χ3n) is 7.38. The standard InChI is InChI=1S/C27H30N2O4/c1-4-29-15-19(27(31)33-16-25(30)17-8-10-20(32-3)11-9-17)12-22-21-6-5-7-23-26(21)18(13-24(22)29)14-28(23)2/h5-11,14,19,22,24H,4,12-13,15-16H2,1-3H3/t19-,22?,24-/m1/s1. The Balaban J connectivity index is 1.32. The fourth-order valence-electron chi connectivity index (χ4n) is 5.72. The molecule has 6 nitrogen and oxygen atoms in total. The Hall–Kier alpha value is -3.12. The lowest BCUT2D eigenvalue weighted by Gasteiger charge is -2.46. The summed E-state index contributed by atoms with van der Waals surface area (Å²) in [6, 6.07) is 13.7. The van der Waals surface area contributed by atoms with Crippen LogP contribution in [0.3, 0.4) is 0 Å². The van der Waals surface area contributed by atoms with Gasteiger partial charge in [0, 0.05) is 48.2 Å². The third kappa shape index (κ3) is 3.82. The minimum absolute atomic E-state index is 0.205. The van der Waals surface area contributed by atoms with Gasteiger partial charge in [0.15, 0.2) is 12.4 Å². The lowest BCUT2D eigenvalue weighted by atomic mass is 9.72. The molecule has 3 aromatic rings. The molecule has 1 fully saturated rings. The molecule has 5 rings (SSSR count). The van der Waals surface area contributed by atoms with Crippen molar-refractivity contribution in [3.8, 4) is 5.75 Å². The van der Waals surface area contributed by atoms with Gasteiger partial charge in [-0.15, -0.1) is 0 Å². The number of fused-ring (bicyclic) bond motifs is 2. The monoisotopic (exact) mass is 446 g/mol. The number of nitrogens with zero attached hydrogens (tertiary/aromatic N) is 2. The second kappa shape index (κ2) is 8.67. The van der Waals surface area contributed by atoms with E-state index in [0.29, 0.717) is 23.9 Å². The SMILES string of the molecule is CCN1C[C@H](C(=O)OCC(=O)c2ccc(OC)cc2)CC2c3cccc4c3c(cn4C)C[C@H]21. The number of ether oxygens (including phenoxy) is 2. The number of benzene rings is 2. The first-order valence-electron chi connectivity index (χ1n) is 11.6. The second-order valence-electron chi connectivity index (χ2n) is 9.16. The van der Waals surface area contributed by atoms with Crippen LogP contribution in [0.15, 0.2) is 48.7 Å². The number of likely N-dealkylation sites (tertiary alicyclic amines) is 1. The summed E-state index contributed by atoms with van der Waals surface area (Å²) in [5, 5.41) is 1.35. The van der Waals surface area contributed by atoms with Crippen LogP contribution in [0.5, 0.6) is 5.75 Å². The van der Waals surface area contributed by atoms with Gasteiger partial charge in [0.25, 0.3) is 0 Å². The lowest BCUT2D eigenvalue weighted by Crippen LogP contribution is -2.51. The van der Waals surface area contributed by atoms with Gasteiger partial charge in [-0.05, 0) is 60.8 Å². The van der Waals surface area contributed by atoms with Crippen molar-refractivity contribution in [1.29, 1.82) is 0 Å². The summed E-state index contributed by atoms with van der Waals surface area (Å²) in [6.07, 6.45) is 4.01. The largest absolute Gasteiger partial charge is 0.497 e. The first-order valence-corrected chi connectivity index (χ1v) is 11.6. The predicted molar refractivity (Wildman–Crippen MR) is 127 cm³/mol. The van der Waals surface area contributed by atoms with Gasteiger partial charge in [-0.3, -0.25) is 14.5 Å². The number of aryl methyl sites for hydroxylation is 1. The Morgan fingerprint density at radius 2 is 1.91 bits per heavy atom. The number of piperidine rings is 1. The minimum atomic E-state index is -0.278. The summed E-state index contributed by atoms with van der Waals surface area (Å²) < 4.78 is 12.9.